The van der Waals surface area contributed by atoms with Crippen molar-refractivity contribution in [2.75, 3.05) is 0 Å². The SMILES string of the molecule is CCCCCC=CCC=CCCCCCC(C)=O. The number of hydrogen-bond acceptors (Lipinski definition) is 1. The normalized spacial score (nSPS) is 11.7. The molecule has 0 aromatic heterocycles. The van der Waals surface area contributed by atoms with Gasteiger partial charge in [0, 0.05) is 6.42 Å². The molecule has 0 aromatic carbocycles. The van der Waals surface area contributed by atoms with Gasteiger partial charge in [0.15, 0.2) is 0 Å². The number of rotatable bonds is 12. The molecule has 0 rings (SSSR count). The summed E-state index contributed by atoms with van der Waals surface area (Å²) in [5.41, 5.74) is 0. The van der Waals surface area contributed by atoms with Gasteiger partial charge >= 0.3 is 0 Å². The highest BCUT2D eigenvalue weighted by atomic mass is 16.1. The minimum absolute atomic E-state index is 0.318. The first-order valence-corrected chi connectivity index (χ1v) is 7.56. The standard InChI is InChI=1S/C17H30O/c1-3-4-5-6-7-8-9-10-11-12-13-14-15-16-17(2)18/h7-8,10-11H,3-6,9,12-16H2,1-2H3. The maximum atomic E-state index is 10.7. The lowest BCUT2D eigenvalue weighted by atomic mass is 10.1. The molecule has 0 fully saturated rings. The van der Waals surface area contributed by atoms with Gasteiger partial charge in [-0.1, -0.05) is 50.5 Å². The maximum Gasteiger partial charge on any atom is 0.129 e. The number of unbranched alkanes of at least 4 members (excludes halogenated alkanes) is 6. The Kier molecular flexibility index (Phi) is 13.5. The van der Waals surface area contributed by atoms with E-state index in [9.17, 15) is 4.79 Å². The van der Waals surface area contributed by atoms with E-state index in [1.165, 1.54) is 38.5 Å². The highest BCUT2D eigenvalue weighted by molar-refractivity contribution is 5.75. The van der Waals surface area contributed by atoms with Gasteiger partial charge in [0.25, 0.3) is 0 Å². The van der Waals surface area contributed by atoms with E-state index < -0.39 is 0 Å². The van der Waals surface area contributed by atoms with Crippen molar-refractivity contribution in [1.82, 2.24) is 0 Å². The highest BCUT2D eigenvalue weighted by Crippen LogP contribution is 2.05. The van der Waals surface area contributed by atoms with E-state index >= 15 is 0 Å². The number of Topliss-reactive ketones (excluding diaryl/α,β-unsaturated/α-hetero) is 1. The fourth-order valence-corrected chi connectivity index (χ4v) is 1.83. The number of allylic oxidation sites excluding steroid dienone is 4. The van der Waals surface area contributed by atoms with Gasteiger partial charge in [-0.3, -0.25) is 0 Å². The average Bonchev–Trinajstić information content (AvgIpc) is 2.34. The van der Waals surface area contributed by atoms with E-state index in [-0.39, 0.29) is 0 Å². The van der Waals surface area contributed by atoms with Gasteiger partial charge < -0.3 is 4.79 Å². The van der Waals surface area contributed by atoms with Crippen molar-refractivity contribution in [2.45, 2.75) is 78.1 Å². The Bertz CT molecular complexity index is 238. The van der Waals surface area contributed by atoms with Crippen molar-refractivity contribution in [3.05, 3.63) is 24.3 Å². The molecule has 18 heavy (non-hydrogen) atoms. The smallest absolute Gasteiger partial charge is 0.129 e. The molecule has 0 atom stereocenters. The summed E-state index contributed by atoms with van der Waals surface area (Å²) in [7, 11) is 0. The first kappa shape index (κ1) is 17.2. The van der Waals surface area contributed by atoms with Crippen LogP contribution in [0, 0.1) is 0 Å². The average molecular weight is 250 g/mol. The molecule has 0 bridgehead atoms. The summed E-state index contributed by atoms with van der Waals surface area (Å²) in [5.74, 6) is 0.318. The maximum absolute atomic E-state index is 10.7. The van der Waals surface area contributed by atoms with Gasteiger partial charge in [0.1, 0.15) is 5.78 Å². The Hall–Kier alpha value is -0.850. The van der Waals surface area contributed by atoms with E-state index in [4.69, 9.17) is 0 Å². The van der Waals surface area contributed by atoms with Crippen LogP contribution >= 0.6 is 0 Å². The van der Waals surface area contributed by atoms with Gasteiger partial charge in [0.2, 0.25) is 0 Å². The Morgan fingerprint density at radius 3 is 2.00 bits per heavy atom. The number of ketones is 1. The number of carbonyl (C=O) groups is 1. The molecule has 0 aromatic rings. The lowest BCUT2D eigenvalue weighted by molar-refractivity contribution is -0.117. The minimum atomic E-state index is 0.318. The summed E-state index contributed by atoms with van der Waals surface area (Å²) in [6, 6.07) is 0. The van der Waals surface area contributed by atoms with Crippen LogP contribution in [0.2, 0.25) is 0 Å². The van der Waals surface area contributed by atoms with E-state index in [0.29, 0.717) is 5.78 Å². The topological polar surface area (TPSA) is 17.1 Å². The van der Waals surface area contributed by atoms with Gasteiger partial charge in [-0.15, -0.1) is 0 Å². The number of carbonyl (C=O) groups excluding carboxylic acids is 1. The predicted octanol–water partition coefficient (Wildman–Crippen LogP) is 5.61. The lowest BCUT2D eigenvalue weighted by Crippen LogP contribution is -1.88. The highest BCUT2D eigenvalue weighted by Gasteiger charge is 1.92. The van der Waals surface area contributed by atoms with Crippen molar-refractivity contribution in [1.29, 1.82) is 0 Å². The predicted molar refractivity (Wildman–Crippen MR) is 80.8 cm³/mol. The first-order valence-electron chi connectivity index (χ1n) is 7.56. The van der Waals surface area contributed by atoms with Crippen LogP contribution in [-0.4, -0.2) is 5.78 Å². The Labute approximate surface area is 113 Å². The van der Waals surface area contributed by atoms with Crippen molar-refractivity contribution in [2.24, 2.45) is 0 Å². The van der Waals surface area contributed by atoms with Crippen LogP contribution in [0.3, 0.4) is 0 Å². The van der Waals surface area contributed by atoms with E-state index in [1.54, 1.807) is 6.92 Å². The fraction of sp³-hybridized carbons (Fsp3) is 0.706. The van der Waals surface area contributed by atoms with Crippen LogP contribution in [0.1, 0.15) is 78.1 Å². The minimum Gasteiger partial charge on any atom is -0.300 e. The zero-order valence-corrected chi connectivity index (χ0v) is 12.3. The van der Waals surface area contributed by atoms with Crippen molar-refractivity contribution >= 4 is 5.78 Å². The largest absolute Gasteiger partial charge is 0.300 e. The zero-order valence-electron chi connectivity index (χ0n) is 12.3. The summed E-state index contributed by atoms with van der Waals surface area (Å²) in [6.45, 7) is 3.91. The van der Waals surface area contributed by atoms with Crippen LogP contribution in [0.15, 0.2) is 24.3 Å². The van der Waals surface area contributed by atoms with Gasteiger partial charge in [-0.25, -0.2) is 0 Å². The summed E-state index contributed by atoms with van der Waals surface area (Å²) in [6.07, 6.45) is 20.7. The molecular formula is C17H30O. The molecule has 104 valence electrons. The van der Waals surface area contributed by atoms with Crippen molar-refractivity contribution < 1.29 is 4.79 Å². The third kappa shape index (κ3) is 15.1. The summed E-state index contributed by atoms with van der Waals surface area (Å²) < 4.78 is 0. The molecule has 0 amide bonds. The third-order valence-electron chi connectivity index (χ3n) is 2.98. The van der Waals surface area contributed by atoms with Crippen molar-refractivity contribution in [3.8, 4) is 0 Å². The van der Waals surface area contributed by atoms with Crippen molar-refractivity contribution in [3.63, 3.8) is 0 Å². The molecule has 0 N–H and O–H groups in total. The second kappa shape index (κ2) is 14.2. The van der Waals surface area contributed by atoms with E-state index in [2.05, 4.69) is 31.2 Å². The molecule has 1 nitrogen and oxygen atoms in total. The van der Waals surface area contributed by atoms with Crippen LogP contribution < -0.4 is 0 Å². The fourth-order valence-electron chi connectivity index (χ4n) is 1.83. The van der Waals surface area contributed by atoms with E-state index in [1.807, 2.05) is 0 Å². The molecule has 0 aliphatic heterocycles. The summed E-state index contributed by atoms with van der Waals surface area (Å²) in [5, 5.41) is 0. The number of hydrogen-bond donors (Lipinski definition) is 0. The molecule has 0 spiro atoms. The second-order valence-electron chi connectivity index (χ2n) is 4.98. The summed E-state index contributed by atoms with van der Waals surface area (Å²) in [4.78, 5) is 10.7. The zero-order chi connectivity index (χ0) is 13.5. The lowest BCUT2D eigenvalue weighted by Gasteiger charge is -1.95. The monoisotopic (exact) mass is 250 g/mol. The molecule has 0 saturated heterocycles. The molecule has 0 aliphatic rings. The Morgan fingerprint density at radius 2 is 1.44 bits per heavy atom. The molecule has 0 aliphatic carbocycles. The van der Waals surface area contributed by atoms with Crippen LogP contribution in [0.4, 0.5) is 0 Å². The van der Waals surface area contributed by atoms with Crippen LogP contribution in [-0.2, 0) is 4.79 Å². The molecular weight excluding hydrogens is 220 g/mol. The molecule has 0 radical (unpaired) electrons. The Morgan fingerprint density at radius 1 is 0.833 bits per heavy atom. The first-order chi connectivity index (χ1) is 8.77. The third-order valence-corrected chi connectivity index (χ3v) is 2.98. The molecule has 0 saturated carbocycles. The van der Waals surface area contributed by atoms with Gasteiger partial charge in [-0.2, -0.15) is 0 Å². The quantitative estimate of drug-likeness (QED) is 0.325. The molecule has 0 unspecified atom stereocenters. The second-order valence-corrected chi connectivity index (χ2v) is 4.98. The Balaban J connectivity index is 3.20. The summed E-state index contributed by atoms with van der Waals surface area (Å²) >= 11 is 0. The molecule has 0 heterocycles. The van der Waals surface area contributed by atoms with Crippen LogP contribution in [0.5, 0.6) is 0 Å². The van der Waals surface area contributed by atoms with Crippen LogP contribution in [0.25, 0.3) is 0 Å². The van der Waals surface area contributed by atoms with Gasteiger partial charge in [0.05, 0.1) is 0 Å². The van der Waals surface area contributed by atoms with Gasteiger partial charge in [-0.05, 0) is 45.4 Å². The molecule has 1 heteroatoms. The van der Waals surface area contributed by atoms with E-state index in [0.717, 1.165) is 25.7 Å².